The van der Waals surface area contributed by atoms with Crippen LogP contribution in [-0.2, 0) is 30.6 Å². The predicted molar refractivity (Wildman–Crippen MR) is 101 cm³/mol. The molecule has 0 amide bonds. The summed E-state index contributed by atoms with van der Waals surface area (Å²) in [5, 5.41) is 10.8. The van der Waals surface area contributed by atoms with Crippen molar-refractivity contribution in [1.29, 1.82) is 0 Å². The average Bonchev–Trinajstić information content (AvgIpc) is 2.57. The van der Waals surface area contributed by atoms with E-state index >= 15 is 0 Å². The molecular weight excluding hydrogens is 451 g/mol. The summed E-state index contributed by atoms with van der Waals surface area (Å²) in [6.45, 7) is 3.56. The number of aliphatic hydroxyl groups excluding tert-OH is 1. The molecule has 138 valence electrons. The molecule has 1 aromatic carbocycles. The molecule has 1 unspecified atom stereocenters. The molecule has 3 nitrogen and oxygen atoms in total. The summed E-state index contributed by atoms with van der Waals surface area (Å²) in [7, 11) is -1.06. The molecule has 0 fully saturated rings. The molecule has 0 radical (unpaired) electrons. The smallest absolute Gasteiger partial charge is 0.417 e. The van der Waals surface area contributed by atoms with Gasteiger partial charge in [0.15, 0.2) is 5.76 Å². The largest absolute Gasteiger partial charge is 0.505 e. The Morgan fingerprint density at radius 1 is 1.27 bits per heavy atom. The summed E-state index contributed by atoms with van der Waals surface area (Å²) in [4.78, 5) is 4.13. The van der Waals surface area contributed by atoms with Crippen molar-refractivity contribution in [2.75, 3.05) is 0 Å². The molecule has 3 rings (SSSR count). The third kappa shape index (κ3) is 3.05. The SMILES string of the molecule is CC1(C)c2cccnc2C(O)=C(c2ccc(Br)cc2C(F)(F)F)S1=S=O. The highest BCUT2D eigenvalue weighted by Crippen LogP contribution is 2.48. The molecule has 0 aliphatic carbocycles. The molecule has 2 aromatic rings. The van der Waals surface area contributed by atoms with Crippen LogP contribution in [0.2, 0.25) is 0 Å². The Bertz CT molecular complexity index is 996. The Kier molecular flexibility index (Phi) is 4.91. The Labute approximate surface area is 161 Å². The van der Waals surface area contributed by atoms with E-state index < -0.39 is 25.9 Å². The Morgan fingerprint density at radius 3 is 2.58 bits per heavy atom. The lowest BCUT2D eigenvalue weighted by Gasteiger charge is -2.35. The molecule has 1 aliphatic rings. The number of aromatic nitrogens is 1. The van der Waals surface area contributed by atoms with Crippen LogP contribution in [0.15, 0.2) is 41.0 Å². The highest BCUT2D eigenvalue weighted by molar-refractivity contribution is 9.10. The lowest BCUT2D eigenvalue weighted by atomic mass is 9.97. The van der Waals surface area contributed by atoms with E-state index in [4.69, 9.17) is 0 Å². The van der Waals surface area contributed by atoms with E-state index in [0.29, 0.717) is 5.56 Å². The summed E-state index contributed by atoms with van der Waals surface area (Å²) < 4.78 is 52.2. The van der Waals surface area contributed by atoms with Gasteiger partial charge in [0, 0.05) is 21.0 Å². The maximum Gasteiger partial charge on any atom is 0.417 e. The number of nitrogens with zero attached hydrogens (tertiary/aromatic N) is 1. The Hall–Kier alpha value is -1.45. The Balaban J connectivity index is 2.44. The van der Waals surface area contributed by atoms with Crippen molar-refractivity contribution in [3.8, 4) is 0 Å². The van der Waals surface area contributed by atoms with E-state index in [0.717, 1.165) is 6.07 Å². The first-order valence-electron chi connectivity index (χ1n) is 7.40. The van der Waals surface area contributed by atoms with Crippen molar-refractivity contribution < 1.29 is 22.5 Å². The molecule has 2 heterocycles. The third-order valence-electron chi connectivity index (χ3n) is 4.14. The number of rotatable bonds is 1. The van der Waals surface area contributed by atoms with Crippen molar-refractivity contribution in [1.82, 2.24) is 4.98 Å². The van der Waals surface area contributed by atoms with Gasteiger partial charge in [-0.25, -0.2) is 4.21 Å². The van der Waals surface area contributed by atoms with E-state index in [2.05, 4.69) is 20.9 Å². The van der Waals surface area contributed by atoms with Crippen molar-refractivity contribution in [2.45, 2.75) is 24.8 Å². The van der Waals surface area contributed by atoms with Crippen molar-refractivity contribution >= 4 is 46.3 Å². The first kappa shape index (κ1) is 19.3. The van der Waals surface area contributed by atoms with Crippen LogP contribution in [0.1, 0.15) is 36.2 Å². The van der Waals surface area contributed by atoms with Crippen molar-refractivity contribution in [3.63, 3.8) is 0 Å². The summed E-state index contributed by atoms with van der Waals surface area (Å²) in [5.74, 6) is -0.376. The minimum absolute atomic E-state index is 0.0129. The monoisotopic (exact) mass is 463 g/mol. The van der Waals surface area contributed by atoms with E-state index in [1.165, 1.54) is 18.3 Å². The van der Waals surface area contributed by atoms with Gasteiger partial charge in [0.25, 0.3) is 0 Å². The second kappa shape index (κ2) is 6.61. The molecule has 9 heteroatoms. The summed E-state index contributed by atoms with van der Waals surface area (Å²) in [6, 6.07) is 7.10. The molecule has 0 saturated carbocycles. The molecule has 26 heavy (non-hydrogen) atoms. The quantitative estimate of drug-likeness (QED) is 0.628. The van der Waals surface area contributed by atoms with Crippen LogP contribution in [0.4, 0.5) is 13.2 Å². The van der Waals surface area contributed by atoms with Crippen molar-refractivity contribution in [3.05, 3.63) is 63.4 Å². The second-order valence-electron chi connectivity index (χ2n) is 6.11. The fourth-order valence-electron chi connectivity index (χ4n) is 2.93. The summed E-state index contributed by atoms with van der Waals surface area (Å²) in [6.07, 6.45) is -3.17. The second-order valence-corrected chi connectivity index (χ2v) is 10.5. The number of pyridine rings is 1. The molecule has 1 atom stereocenters. The first-order valence-corrected chi connectivity index (χ1v) is 10.7. The maximum absolute atomic E-state index is 13.6. The number of hydrogen-bond acceptors (Lipinski definition) is 3. The topological polar surface area (TPSA) is 50.2 Å². The van der Waals surface area contributed by atoms with Crippen LogP contribution in [0.5, 0.6) is 0 Å². The predicted octanol–water partition coefficient (Wildman–Crippen LogP) is 5.24. The zero-order valence-corrected chi connectivity index (χ0v) is 16.8. The third-order valence-corrected chi connectivity index (χ3v) is 8.86. The van der Waals surface area contributed by atoms with Gasteiger partial charge < -0.3 is 5.11 Å². The van der Waals surface area contributed by atoms with Crippen LogP contribution in [0, 0.1) is 0 Å². The molecule has 0 saturated heterocycles. The summed E-state index contributed by atoms with van der Waals surface area (Å²) >= 11 is 3.05. The minimum Gasteiger partial charge on any atom is -0.505 e. The number of hydrogen-bond donors (Lipinski definition) is 1. The molecule has 0 spiro atoms. The average molecular weight is 464 g/mol. The van der Waals surface area contributed by atoms with Gasteiger partial charge in [-0.2, -0.15) is 13.2 Å². The van der Waals surface area contributed by atoms with Crippen molar-refractivity contribution in [2.24, 2.45) is 0 Å². The van der Waals surface area contributed by atoms with Gasteiger partial charge in [0.05, 0.1) is 10.5 Å². The fourth-order valence-corrected chi connectivity index (χ4v) is 6.54. The number of benzene rings is 1. The van der Waals surface area contributed by atoms with Gasteiger partial charge >= 0.3 is 6.18 Å². The number of alkyl halides is 3. The van der Waals surface area contributed by atoms with Gasteiger partial charge in [0.1, 0.15) is 15.9 Å². The van der Waals surface area contributed by atoms with E-state index in [1.807, 2.05) is 0 Å². The van der Waals surface area contributed by atoms with Crippen LogP contribution in [-0.4, -0.2) is 14.3 Å². The lowest BCUT2D eigenvalue weighted by molar-refractivity contribution is -0.137. The van der Waals surface area contributed by atoms with Crippen LogP contribution in [0.25, 0.3) is 10.7 Å². The zero-order valence-electron chi connectivity index (χ0n) is 13.6. The van der Waals surface area contributed by atoms with E-state index in [9.17, 15) is 22.5 Å². The van der Waals surface area contributed by atoms with Gasteiger partial charge in [-0.05, 0) is 47.1 Å². The first-order chi connectivity index (χ1) is 12.1. The summed E-state index contributed by atoms with van der Waals surface area (Å²) in [5.41, 5.74) is -0.260. The van der Waals surface area contributed by atoms with E-state index in [1.54, 1.807) is 26.0 Å². The Morgan fingerprint density at radius 2 is 1.96 bits per heavy atom. The molecule has 1 aromatic heterocycles. The lowest BCUT2D eigenvalue weighted by Crippen LogP contribution is -2.31. The van der Waals surface area contributed by atoms with Crippen LogP contribution in [0.3, 0.4) is 0 Å². The normalized spacial score (nSPS) is 19.2. The van der Waals surface area contributed by atoms with Gasteiger partial charge in [-0.3, -0.25) is 4.98 Å². The maximum atomic E-state index is 13.6. The fraction of sp³-hybridized carbons (Fsp3) is 0.235. The van der Waals surface area contributed by atoms with Gasteiger partial charge in [0.2, 0.25) is 0 Å². The number of aliphatic hydroxyl groups is 1. The highest BCUT2D eigenvalue weighted by Gasteiger charge is 2.42. The van der Waals surface area contributed by atoms with Crippen LogP contribution >= 0.6 is 15.9 Å². The molecular formula is C17H13BrF3NO2S2. The van der Waals surface area contributed by atoms with E-state index in [-0.39, 0.29) is 36.6 Å². The van der Waals surface area contributed by atoms with Gasteiger partial charge in [-0.15, -0.1) is 0 Å². The molecule has 1 aliphatic heterocycles. The zero-order chi connectivity index (χ0) is 19.3. The number of fused-ring (bicyclic) bond motifs is 1. The van der Waals surface area contributed by atoms with Crippen LogP contribution < -0.4 is 0 Å². The molecule has 1 N–H and O–H groups in total. The molecule has 0 bridgehead atoms. The number of halogens is 4. The minimum atomic E-state index is -4.64. The van der Waals surface area contributed by atoms with Gasteiger partial charge in [-0.1, -0.05) is 28.1 Å². The highest BCUT2D eigenvalue weighted by atomic mass is 79.9. The standard InChI is InChI=1S/C17H13BrF3NO2S2/c1-16(2)11-4-3-7-22-13(11)14(23)15(26(16)25-24)10-6-5-9(18)8-12(10)17(19,20)21/h3-8,23H,1-2H3.